The number of halogens is 1. The fourth-order valence-electron chi connectivity index (χ4n) is 2.44. The van der Waals surface area contributed by atoms with Gasteiger partial charge in [-0.2, -0.15) is 5.26 Å². The number of alkyl halides is 1. The first-order chi connectivity index (χ1) is 12.7. The first-order valence-electron chi connectivity index (χ1n) is 8.12. The lowest BCUT2D eigenvalue weighted by molar-refractivity contribution is 0.298. The third-order valence-electron chi connectivity index (χ3n) is 3.75. The highest BCUT2D eigenvalue weighted by atomic mass is 35.5. The van der Waals surface area contributed by atoms with Gasteiger partial charge in [0, 0.05) is 29.3 Å². The van der Waals surface area contributed by atoms with E-state index >= 15 is 0 Å². The molecule has 7 heteroatoms. The third kappa shape index (κ3) is 3.95. The molecule has 3 aromatic rings. The van der Waals surface area contributed by atoms with Crippen molar-refractivity contribution >= 4 is 17.4 Å². The molecule has 0 aliphatic heterocycles. The Kier molecular flexibility index (Phi) is 5.72. The topological polar surface area (TPSA) is 98.0 Å². The van der Waals surface area contributed by atoms with Crippen LogP contribution >= 0.6 is 11.6 Å². The van der Waals surface area contributed by atoms with Crippen LogP contribution in [0, 0.1) is 11.3 Å². The molecule has 0 aromatic carbocycles. The van der Waals surface area contributed by atoms with Crippen molar-refractivity contribution in [2.45, 2.75) is 12.8 Å². The number of nitrogens with two attached hydrogens (primary N) is 1. The molecule has 0 saturated carbocycles. The van der Waals surface area contributed by atoms with Gasteiger partial charge in [0.2, 0.25) is 5.88 Å². The molecule has 0 bridgehead atoms. The summed E-state index contributed by atoms with van der Waals surface area (Å²) in [6.45, 7) is 0.568. The van der Waals surface area contributed by atoms with E-state index in [1.165, 1.54) is 0 Å². The summed E-state index contributed by atoms with van der Waals surface area (Å²) in [5.41, 5.74) is 8.23. The van der Waals surface area contributed by atoms with E-state index in [1.807, 2.05) is 6.07 Å². The Labute approximate surface area is 156 Å². The fraction of sp³-hybridized carbons (Fsp3) is 0.211. The maximum Gasteiger partial charge on any atom is 0.213 e. The first kappa shape index (κ1) is 17.8. The van der Waals surface area contributed by atoms with Gasteiger partial charge >= 0.3 is 0 Å². The highest BCUT2D eigenvalue weighted by Crippen LogP contribution is 2.33. The first-order valence-corrected chi connectivity index (χ1v) is 8.66. The van der Waals surface area contributed by atoms with E-state index in [-0.39, 0.29) is 5.82 Å². The number of pyridine rings is 2. The summed E-state index contributed by atoms with van der Waals surface area (Å²) in [6, 6.07) is 11.0. The maximum absolute atomic E-state index is 9.26. The monoisotopic (exact) mass is 368 g/mol. The van der Waals surface area contributed by atoms with Gasteiger partial charge in [0.15, 0.2) is 5.76 Å². The minimum Gasteiger partial charge on any atom is -0.478 e. The van der Waals surface area contributed by atoms with Crippen molar-refractivity contribution in [2.24, 2.45) is 0 Å². The van der Waals surface area contributed by atoms with E-state index in [0.29, 0.717) is 40.9 Å². The van der Waals surface area contributed by atoms with Gasteiger partial charge in [0.05, 0.1) is 18.4 Å². The number of aromatic nitrogens is 2. The van der Waals surface area contributed by atoms with Crippen molar-refractivity contribution in [2.75, 3.05) is 18.2 Å². The van der Waals surface area contributed by atoms with E-state index in [2.05, 4.69) is 16.0 Å². The van der Waals surface area contributed by atoms with Crippen molar-refractivity contribution in [1.29, 1.82) is 5.26 Å². The Morgan fingerprint density at radius 1 is 1.27 bits per heavy atom. The second-order valence-corrected chi connectivity index (χ2v) is 5.91. The lowest BCUT2D eigenvalue weighted by atomic mass is 10.0. The molecule has 0 unspecified atom stereocenters. The van der Waals surface area contributed by atoms with Gasteiger partial charge in [-0.3, -0.25) is 0 Å². The van der Waals surface area contributed by atoms with Gasteiger partial charge in [0.25, 0.3) is 0 Å². The molecule has 6 nitrogen and oxygen atoms in total. The number of furan rings is 1. The molecule has 2 N–H and O–H groups in total. The summed E-state index contributed by atoms with van der Waals surface area (Å²) in [6.07, 6.45) is 5.02. The molecule has 3 aromatic heterocycles. The molecule has 3 heterocycles. The predicted molar refractivity (Wildman–Crippen MR) is 99.7 cm³/mol. The number of anilines is 1. The second-order valence-electron chi connectivity index (χ2n) is 5.54. The molecule has 0 radical (unpaired) electrons. The van der Waals surface area contributed by atoms with Gasteiger partial charge in [0.1, 0.15) is 17.6 Å². The van der Waals surface area contributed by atoms with Crippen molar-refractivity contribution in [3.05, 3.63) is 48.4 Å². The SMILES string of the molecule is N#Cc1cc(-c2ccc(OCCCCCl)nc2)c(-c2ccco2)nc1N. The van der Waals surface area contributed by atoms with Crippen LogP contribution in [0.25, 0.3) is 22.6 Å². The van der Waals surface area contributed by atoms with E-state index in [4.69, 9.17) is 26.5 Å². The quantitative estimate of drug-likeness (QED) is 0.494. The lowest BCUT2D eigenvalue weighted by Gasteiger charge is -2.10. The van der Waals surface area contributed by atoms with E-state index in [9.17, 15) is 5.26 Å². The van der Waals surface area contributed by atoms with Gasteiger partial charge < -0.3 is 14.9 Å². The summed E-state index contributed by atoms with van der Waals surface area (Å²) in [5, 5.41) is 9.26. The summed E-state index contributed by atoms with van der Waals surface area (Å²) < 4.78 is 11.0. The van der Waals surface area contributed by atoms with Crippen LogP contribution < -0.4 is 10.5 Å². The minimum absolute atomic E-state index is 0.162. The molecule has 0 fully saturated rings. The van der Waals surface area contributed by atoms with E-state index in [0.717, 1.165) is 18.4 Å². The average molecular weight is 369 g/mol. The van der Waals surface area contributed by atoms with Crippen LogP contribution in [0.5, 0.6) is 5.88 Å². The standard InChI is InChI=1S/C19H17ClN4O2/c20-7-1-2-8-26-17-6-5-13(12-23-17)15-10-14(11-21)19(22)24-18(15)16-4-3-9-25-16/h3-6,9-10,12H,1-2,7-8H2,(H2,22,24). The highest BCUT2D eigenvalue weighted by molar-refractivity contribution is 6.17. The fourth-order valence-corrected chi connectivity index (χ4v) is 2.63. The van der Waals surface area contributed by atoms with Gasteiger partial charge in [-0.05, 0) is 37.1 Å². The highest BCUT2D eigenvalue weighted by Gasteiger charge is 2.16. The van der Waals surface area contributed by atoms with Crippen LogP contribution in [0.2, 0.25) is 0 Å². The van der Waals surface area contributed by atoms with Crippen LogP contribution in [0.1, 0.15) is 18.4 Å². The number of nitrogen functional groups attached to an aromatic ring is 1. The summed E-state index contributed by atoms with van der Waals surface area (Å²) >= 11 is 5.65. The zero-order valence-corrected chi connectivity index (χ0v) is 14.7. The summed E-state index contributed by atoms with van der Waals surface area (Å²) in [5.74, 6) is 1.88. The number of nitrogens with zero attached hydrogens (tertiary/aromatic N) is 3. The van der Waals surface area contributed by atoms with E-state index < -0.39 is 0 Å². The molecule has 0 atom stereocenters. The Bertz CT molecular complexity index is 903. The van der Waals surface area contributed by atoms with Crippen LogP contribution in [0.4, 0.5) is 5.82 Å². The zero-order chi connectivity index (χ0) is 18.4. The van der Waals surface area contributed by atoms with Gasteiger partial charge in [-0.1, -0.05) is 0 Å². The molecule has 132 valence electrons. The molecule has 0 spiro atoms. The molecule has 0 amide bonds. The number of rotatable bonds is 7. The Hall–Kier alpha value is -3.04. The molecule has 0 aliphatic carbocycles. The Balaban J connectivity index is 1.92. The van der Waals surface area contributed by atoms with Crippen molar-refractivity contribution < 1.29 is 9.15 Å². The number of hydrogen-bond acceptors (Lipinski definition) is 6. The largest absolute Gasteiger partial charge is 0.478 e. The molecule has 3 rings (SSSR count). The van der Waals surface area contributed by atoms with Crippen LogP contribution in [0.15, 0.2) is 47.2 Å². The third-order valence-corrected chi connectivity index (χ3v) is 4.02. The summed E-state index contributed by atoms with van der Waals surface area (Å²) in [7, 11) is 0. The zero-order valence-electron chi connectivity index (χ0n) is 14.0. The molecule has 26 heavy (non-hydrogen) atoms. The normalized spacial score (nSPS) is 10.5. The Morgan fingerprint density at radius 3 is 2.81 bits per heavy atom. The van der Waals surface area contributed by atoms with Crippen LogP contribution in [-0.2, 0) is 0 Å². The predicted octanol–water partition coefficient (Wildman–Crippen LogP) is 4.26. The number of hydrogen-bond donors (Lipinski definition) is 1. The van der Waals surface area contributed by atoms with Gasteiger partial charge in [-0.25, -0.2) is 9.97 Å². The molecular weight excluding hydrogens is 352 g/mol. The Morgan fingerprint density at radius 2 is 2.15 bits per heavy atom. The van der Waals surface area contributed by atoms with Crippen molar-refractivity contribution in [1.82, 2.24) is 9.97 Å². The van der Waals surface area contributed by atoms with Gasteiger partial charge in [-0.15, -0.1) is 11.6 Å². The number of ether oxygens (including phenoxy) is 1. The second kappa shape index (κ2) is 8.37. The molecule has 0 aliphatic rings. The average Bonchev–Trinajstić information content (AvgIpc) is 3.20. The van der Waals surface area contributed by atoms with E-state index in [1.54, 1.807) is 36.7 Å². The number of unbranched alkanes of at least 4 members (excludes halogenated alkanes) is 1. The minimum atomic E-state index is 0.162. The van der Waals surface area contributed by atoms with Crippen LogP contribution in [0.3, 0.4) is 0 Å². The molecule has 0 saturated heterocycles. The van der Waals surface area contributed by atoms with Crippen molar-refractivity contribution in [3.8, 4) is 34.5 Å². The maximum atomic E-state index is 9.26. The molecular formula is C19H17ClN4O2. The lowest BCUT2D eigenvalue weighted by Crippen LogP contribution is -2.01. The smallest absolute Gasteiger partial charge is 0.213 e. The van der Waals surface area contributed by atoms with Crippen LogP contribution in [-0.4, -0.2) is 22.5 Å². The number of nitriles is 1. The summed E-state index contributed by atoms with van der Waals surface area (Å²) in [4.78, 5) is 8.67. The van der Waals surface area contributed by atoms with Crippen molar-refractivity contribution in [3.63, 3.8) is 0 Å².